The molecule has 0 radical (unpaired) electrons. The molecule has 0 aromatic carbocycles. The second kappa shape index (κ2) is 7.41. The minimum Gasteiger partial charge on any atom is -0.388 e. The molecule has 1 saturated heterocycles. The Morgan fingerprint density at radius 3 is 2.76 bits per heavy atom. The molecule has 2 heterocycles. The Bertz CT molecular complexity index is 714. The average Bonchev–Trinajstić information content (AvgIpc) is 3.16. The van der Waals surface area contributed by atoms with Crippen molar-refractivity contribution in [2.45, 2.75) is 76.3 Å². The molecule has 25 heavy (non-hydrogen) atoms. The predicted octanol–water partition coefficient (Wildman–Crippen LogP) is 0.466. The summed E-state index contributed by atoms with van der Waals surface area (Å²) in [6, 6.07) is 0. The van der Waals surface area contributed by atoms with Gasteiger partial charge in [0, 0.05) is 18.9 Å². The molecule has 8 heteroatoms. The maximum absolute atomic E-state index is 12.2. The van der Waals surface area contributed by atoms with E-state index >= 15 is 0 Å². The Hall–Kier alpha value is -1.48. The molecule has 2 N–H and O–H groups in total. The molecule has 140 valence electrons. The molecule has 8 nitrogen and oxygen atoms in total. The highest BCUT2D eigenvalue weighted by atomic mass is 16.6. The van der Waals surface area contributed by atoms with Crippen molar-refractivity contribution >= 4 is 0 Å². The second-order valence-corrected chi connectivity index (χ2v) is 6.79. The monoisotopic (exact) mass is 354 g/mol. The van der Waals surface area contributed by atoms with Crippen LogP contribution in [0, 0.1) is 6.92 Å². The van der Waals surface area contributed by atoms with Crippen molar-refractivity contribution in [1.82, 2.24) is 9.55 Å². The van der Waals surface area contributed by atoms with E-state index in [1.54, 1.807) is 14.0 Å². The summed E-state index contributed by atoms with van der Waals surface area (Å²) >= 11 is 0. The standard InChI is InChI=1S/C17H26N2O6/c1-4-10-13(20)14(24-12-7-5-6-11(12)23-3)16(25-10)19-8-9(2)15(21)18-17(19)22/h8,10-14,16,20H,4-7H2,1-3H3,(H,18,21,22). The van der Waals surface area contributed by atoms with E-state index in [1.165, 1.54) is 10.8 Å². The lowest BCUT2D eigenvalue weighted by Gasteiger charge is -2.28. The first-order chi connectivity index (χ1) is 12.0. The number of hydrogen-bond donors (Lipinski definition) is 2. The van der Waals surface area contributed by atoms with Crippen molar-refractivity contribution in [2.24, 2.45) is 0 Å². The Balaban J connectivity index is 1.91. The van der Waals surface area contributed by atoms with Gasteiger partial charge < -0.3 is 19.3 Å². The molecule has 1 saturated carbocycles. The zero-order chi connectivity index (χ0) is 18.1. The van der Waals surface area contributed by atoms with E-state index in [2.05, 4.69) is 4.98 Å². The van der Waals surface area contributed by atoms with Crippen LogP contribution in [0.25, 0.3) is 0 Å². The van der Waals surface area contributed by atoms with Crippen LogP contribution in [-0.4, -0.2) is 52.3 Å². The Kier molecular flexibility index (Phi) is 5.43. The van der Waals surface area contributed by atoms with Crippen molar-refractivity contribution in [2.75, 3.05) is 7.11 Å². The van der Waals surface area contributed by atoms with Gasteiger partial charge in [0.15, 0.2) is 6.23 Å². The number of nitrogens with zero attached hydrogens (tertiary/aromatic N) is 1. The van der Waals surface area contributed by atoms with Gasteiger partial charge in [-0.3, -0.25) is 14.3 Å². The molecular weight excluding hydrogens is 328 g/mol. The Morgan fingerprint density at radius 1 is 1.36 bits per heavy atom. The lowest BCUT2D eigenvalue weighted by atomic mass is 10.1. The summed E-state index contributed by atoms with van der Waals surface area (Å²) in [4.78, 5) is 26.2. The number of H-pyrrole nitrogens is 1. The molecule has 1 aliphatic heterocycles. The topological polar surface area (TPSA) is 103 Å². The quantitative estimate of drug-likeness (QED) is 0.797. The van der Waals surface area contributed by atoms with Gasteiger partial charge >= 0.3 is 5.69 Å². The lowest BCUT2D eigenvalue weighted by molar-refractivity contribution is -0.130. The molecule has 0 bridgehead atoms. The summed E-state index contributed by atoms with van der Waals surface area (Å²) in [6.45, 7) is 3.52. The number of aromatic amines is 1. The van der Waals surface area contributed by atoms with Crippen LogP contribution in [0.3, 0.4) is 0 Å². The number of aryl methyl sites for hydroxylation is 1. The molecular formula is C17H26N2O6. The largest absolute Gasteiger partial charge is 0.388 e. The van der Waals surface area contributed by atoms with Gasteiger partial charge in [0.1, 0.15) is 12.2 Å². The molecule has 1 aromatic rings. The van der Waals surface area contributed by atoms with Gasteiger partial charge in [-0.2, -0.15) is 0 Å². The molecule has 1 aliphatic carbocycles. The number of ether oxygens (including phenoxy) is 3. The van der Waals surface area contributed by atoms with Crippen LogP contribution >= 0.6 is 0 Å². The number of aliphatic hydroxyl groups is 1. The van der Waals surface area contributed by atoms with E-state index in [9.17, 15) is 14.7 Å². The number of methoxy groups -OCH3 is 1. The maximum Gasteiger partial charge on any atom is 0.330 e. The van der Waals surface area contributed by atoms with Crippen molar-refractivity contribution in [3.05, 3.63) is 32.6 Å². The SMILES string of the molecule is CCC1OC(n2cc(C)c(=O)[nH]c2=O)C(OC2CCCC2OC)C1O. The van der Waals surface area contributed by atoms with Crippen LogP contribution in [0.2, 0.25) is 0 Å². The lowest BCUT2D eigenvalue weighted by Crippen LogP contribution is -2.42. The first kappa shape index (κ1) is 18.3. The molecule has 1 aromatic heterocycles. The summed E-state index contributed by atoms with van der Waals surface area (Å²) in [5.41, 5.74) is -0.612. The highest BCUT2D eigenvalue weighted by Gasteiger charge is 2.47. The zero-order valence-electron chi connectivity index (χ0n) is 14.8. The van der Waals surface area contributed by atoms with E-state index < -0.39 is 35.8 Å². The number of hydrogen-bond acceptors (Lipinski definition) is 6. The smallest absolute Gasteiger partial charge is 0.330 e. The fourth-order valence-electron chi connectivity index (χ4n) is 3.72. The molecule has 6 atom stereocenters. The van der Waals surface area contributed by atoms with Crippen molar-refractivity contribution in [3.8, 4) is 0 Å². The minimum atomic E-state index is -0.854. The fraction of sp³-hybridized carbons (Fsp3) is 0.765. The first-order valence-corrected chi connectivity index (χ1v) is 8.80. The van der Waals surface area contributed by atoms with Crippen LogP contribution in [0.4, 0.5) is 0 Å². The molecule has 6 unspecified atom stereocenters. The normalized spacial score (nSPS) is 35.4. The third kappa shape index (κ3) is 3.44. The van der Waals surface area contributed by atoms with Gasteiger partial charge in [-0.1, -0.05) is 6.92 Å². The number of rotatable bonds is 5. The van der Waals surface area contributed by atoms with E-state index in [0.29, 0.717) is 12.0 Å². The molecule has 3 rings (SSSR count). The van der Waals surface area contributed by atoms with Crippen molar-refractivity contribution in [1.29, 1.82) is 0 Å². The zero-order valence-corrected chi connectivity index (χ0v) is 14.8. The predicted molar refractivity (Wildman–Crippen MR) is 89.6 cm³/mol. The van der Waals surface area contributed by atoms with Gasteiger partial charge in [-0.15, -0.1) is 0 Å². The first-order valence-electron chi connectivity index (χ1n) is 8.80. The van der Waals surface area contributed by atoms with Crippen LogP contribution in [-0.2, 0) is 14.2 Å². The van der Waals surface area contributed by atoms with Crippen LogP contribution in [0.15, 0.2) is 15.8 Å². The number of aliphatic hydroxyl groups excluding tert-OH is 1. The Morgan fingerprint density at radius 2 is 2.08 bits per heavy atom. The van der Waals surface area contributed by atoms with E-state index in [-0.39, 0.29) is 12.2 Å². The van der Waals surface area contributed by atoms with Gasteiger partial charge in [-0.25, -0.2) is 4.79 Å². The van der Waals surface area contributed by atoms with Crippen molar-refractivity contribution in [3.63, 3.8) is 0 Å². The fourth-order valence-corrected chi connectivity index (χ4v) is 3.72. The summed E-state index contributed by atoms with van der Waals surface area (Å²) in [6.07, 6.45) is 1.83. The Labute approximate surface area is 145 Å². The molecule has 2 aliphatic rings. The minimum absolute atomic E-state index is 0.0254. The molecule has 2 fully saturated rings. The van der Waals surface area contributed by atoms with Crippen LogP contribution in [0.5, 0.6) is 0 Å². The highest BCUT2D eigenvalue weighted by molar-refractivity contribution is 5.03. The second-order valence-electron chi connectivity index (χ2n) is 6.79. The third-order valence-corrected chi connectivity index (χ3v) is 5.16. The molecule has 0 amide bonds. The van der Waals surface area contributed by atoms with Crippen LogP contribution < -0.4 is 11.2 Å². The van der Waals surface area contributed by atoms with Gasteiger partial charge in [-0.05, 0) is 32.6 Å². The highest BCUT2D eigenvalue weighted by Crippen LogP contribution is 2.36. The number of nitrogens with one attached hydrogen (secondary N) is 1. The van der Waals surface area contributed by atoms with Gasteiger partial charge in [0.2, 0.25) is 0 Å². The van der Waals surface area contributed by atoms with Crippen molar-refractivity contribution < 1.29 is 19.3 Å². The summed E-state index contributed by atoms with van der Waals surface area (Å²) in [7, 11) is 1.65. The maximum atomic E-state index is 12.2. The van der Waals surface area contributed by atoms with E-state index in [4.69, 9.17) is 14.2 Å². The van der Waals surface area contributed by atoms with E-state index in [0.717, 1.165) is 19.3 Å². The van der Waals surface area contributed by atoms with Crippen LogP contribution in [0.1, 0.15) is 44.4 Å². The summed E-state index contributed by atoms with van der Waals surface area (Å²) in [5, 5.41) is 10.6. The third-order valence-electron chi connectivity index (χ3n) is 5.16. The summed E-state index contributed by atoms with van der Waals surface area (Å²) < 4.78 is 18.8. The average molecular weight is 354 g/mol. The number of aromatic nitrogens is 2. The molecule has 0 spiro atoms. The van der Waals surface area contributed by atoms with E-state index in [1.807, 2.05) is 6.92 Å². The van der Waals surface area contributed by atoms with Gasteiger partial charge in [0.05, 0.1) is 18.3 Å². The van der Waals surface area contributed by atoms with Gasteiger partial charge in [0.25, 0.3) is 5.56 Å². The summed E-state index contributed by atoms with van der Waals surface area (Å²) in [5.74, 6) is 0.